The molecule has 0 atom stereocenters. The van der Waals surface area contributed by atoms with E-state index in [0.29, 0.717) is 0 Å². The Morgan fingerprint density at radius 1 is 1.70 bits per heavy atom. The monoisotopic (exact) mass is 251 g/mol. The van der Waals surface area contributed by atoms with Gasteiger partial charge in [-0.2, -0.15) is 0 Å². The van der Waals surface area contributed by atoms with Crippen LogP contribution in [0.4, 0.5) is 0 Å². The van der Waals surface area contributed by atoms with Gasteiger partial charge in [0.2, 0.25) is 0 Å². The van der Waals surface area contributed by atoms with E-state index in [0.717, 1.165) is 6.54 Å². The highest BCUT2D eigenvalue weighted by molar-refractivity contribution is 14.1. The van der Waals surface area contributed by atoms with Crippen molar-refractivity contribution in [1.82, 2.24) is 4.90 Å². The first-order valence-electron chi connectivity index (χ1n) is 3.90. The highest BCUT2D eigenvalue weighted by atomic mass is 127. The molecule has 1 aliphatic heterocycles. The molecule has 0 aromatic heterocycles. The molecule has 1 rings (SSSR count). The minimum Gasteiger partial charge on any atom is -0.300 e. The van der Waals surface area contributed by atoms with Crippen LogP contribution in [0, 0.1) is 0 Å². The third-order valence-electron chi connectivity index (χ3n) is 1.91. The van der Waals surface area contributed by atoms with E-state index >= 15 is 0 Å². The smallest absolute Gasteiger partial charge is 0.0173 e. The fraction of sp³-hybridized carbons (Fsp3) is 0.750. The van der Waals surface area contributed by atoms with Gasteiger partial charge in [-0.25, -0.2) is 0 Å². The lowest BCUT2D eigenvalue weighted by atomic mass is 10.3. The molecule has 0 saturated heterocycles. The van der Waals surface area contributed by atoms with Crippen molar-refractivity contribution in [3.63, 3.8) is 0 Å². The lowest BCUT2D eigenvalue weighted by Crippen LogP contribution is -2.23. The van der Waals surface area contributed by atoms with E-state index in [1.165, 1.54) is 29.5 Å². The van der Waals surface area contributed by atoms with E-state index in [1.54, 1.807) is 0 Å². The Labute approximate surface area is 76.6 Å². The summed E-state index contributed by atoms with van der Waals surface area (Å²) in [6.45, 7) is 5.86. The van der Waals surface area contributed by atoms with Gasteiger partial charge in [-0.3, -0.25) is 4.90 Å². The van der Waals surface area contributed by atoms with Gasteiger partial charge in [0.05, 0.1) is 0 Å². The van der Waals surface area contributed by atoms with Crippen molar-refractivity contribution in [2.45, 2.75) is 19.8 Å². The number of rotatable bonds is 1. The summed E-state index contributed by atoms with van der Waals surface area (Å²) in [5.74, 6) is 0. The molecule has 58 valence electrons. The quantitative estimate of drug-likeness (QED) is 0.647. The number of likely N-dealkylation sites (N-methyl/N-ethyl adjacent to an activating group) is 1. The van der Waals surface area contributed by atoms with Crippen molar-refractivity contribution in [1.29, 1.82) is 0 Å². The topological polar surface area (TPSA) is 3.24 Å². The molecule has 0 aromatic rings. The summed E-state index contributed by atoms with van der Waals surface area (Å²) in [4.78, 5) is 2.48. The molecule has 1 nitrogen and oxygen atoms in total. The SMILES string of the molecule is CCN1CC=C(I)CCC1. The van der Waals surface area contributed by atoms with E-state index in [4.69, 9.17) is 0 Å². The molecule has 0 amide bonds. The minimum atomic E-state index is 1.16. The molecule has 1 aliphatic rings. The van der Waals surface area contributed by atoms with Crippen molar-refractivity contribution in [3.8, 4) is 0 Å². The van der Waals surface area contributed by atoms with Gasteiger partial charge in [0, 0.05) is 6.54 Å². The van der Waals surface area contributed by atoms with Crippen LogP contribution in [0.1, 0.15) is 19.8 Å². The highest BCUT2D eigenvalue weighted by Gasteiger charge is 2.04. The molecule has 0 unspecified atom stereocenters. The third-order valence-corrected chi connectivity index (χ3v) is 2.89. The van der Waals surface area contributed by atoms with Gasteiger partial charge in [0.15, 0.2) is 0 Å². The first kappa shape index (κ1) is 8.53. The molecule has 0 bridgehead atoms. The molecule has 0 spiro atoms. The Morgan fingerprint density at radius 3 is 3.20 bits per heavy atom. The van der Waals surface area contributed by atoms with Gasteiger partial charge in [-0.05, 0) is 52.1 Å². The van der Waals surface area contributed by atoms with Crippen LogP contribution < -0.4 is 0 Å². The Bertz CT molecular complexity index is 131. The average Bonchev–Trinajstić information content (AvgIpc) is 2.14. The summed E-state index contributed by atoms with van der Waals surface area (Å²) >= 11 is 2.44. The van der Waals surface area contributed by atoms with Crippen molar-refractivity contribution in [2.24, 2.45) is 0 Å². The summed E-state index contributed by atoms with van der Waals surface area (Å²) in [7, 11) is 0. The van der Waals surface area contributed by atoms with E-state index in [-0.39, 0.29) is 0 Å². The van der Waals surface area contributed by atoms with Crippen molar-refractivity contribution >= 4 is 22.6 Å². The summed E-state index contributed by atoms with van der Waals surface area (Å²) in [6.07, 6.45) is 4.97. The molecular weight excluding hydrogens is 237 g/mol. The van der Waals surface area contributed by atoms with Gasteiger partial charge in [0.1, 0.15) is 0 Å². The second-order valence-electron chi connectivity index (χ2n) is 2.65. The maximum absolute atomic E-state index is 2.48. The summed E-state index contributed by atoms with van der Waals surface area (Å²) in [6, 6.07) is 0. The summed E-state index contributed by atoms with van der Waals surface area (Å²) in [5.41, 5.74) is 0. The van der Waals surface area contributed by atoms with Crippen LogP contribution in [0.15, 0.2) is 9.66 Å². The number of nitrogens with zero attached hydrogens (tertiary/aromatic N) is 1. The summed E-state index contributed by atoms with van der Waals surface area (Å²) < 4.78 is 1.54. The first-order valence-corrected chi connectivity index (χ1v) is 4.97. The van der Waals surface area contributed by atoms with Gasteiger partial charge >= 0.3 is 0 Å². The fourth-order valence-electron chi connectivity index (χ4n) is 1.18. The standard InChI is InChI=1S/C8H14IN/c1-2-10-6-3-4-8(9)5-7-10/h5H,2-4,6-7H2,1H3. The summed E-state index contributed by atoms with van der Waals surface area (Å²) in [5, 5.41) is 0. The molecule has 2 heteroatoms. The van der Waals surface area contributed by atoms with Crippen LogP contribution in [0.2, 0.25) is 0 Å². The van der Waals surface area contributed by atoms with Crippen LogP contribution in [-0.2, 0) is 0 Å². The van der Waals surface area contributed by atoms with Crippen LogP contribution in [-0.4, -0.2) is 24.5 Å². The van der Waals surface area contributed by atoms with E-state index in [9.17, 15) is 0 Å². The maximum atomic E-state index is 2.48. The largest absolute Gasteiger partial charge is 0.300 e. The third kappa shape index (κ3) is 2.58. The maximum Gasteiger partial charge on any atom is 0.0173 e. The predicted octanol–water partition coefficient (Wildman–Crippen LogP) is 2.42. The van der Waals surface area contributed by atoms with Gasteiger partial charge in [-0.1, -0.05) is 13.0 Å². The molecule has 0 radical (unpaired) electrons. The minimum absolute atomic E-state index is 1.16. The van der Waals surface area contributed by atoms with Crippen molar-refractivity contribution in [2.75, 3.05) is 19.6 Å². The number of hydrogen-bond acceptors (Lipinski definition) is 1. The zero-order chi connectivity index (χ0) is 7.40. The molecule has 0 fully saturated rings. The van der Waals surface area contributed by atoms with Crippen molar-refractivity contribution in [3.05, 3.63) is 9.66 Å². The number of allylic oxidation sites excluding steroid dienone is 1. The van der Waals surface area contributed by atoms with Gasteiger partial charge in [-0.15, -0.1) is 0 Å². The first-order chi connectivity index (χ1) is 4.83. The zero-order valence-electron chi connectivity index (χ0n) is 6.44. The Morgan fingerprint density at radius 2 is 2.50 bits per heavy atom. The molecule has 0 aromatic carbocycles. The average molecular weight is 251 g/mol. The predicted molar refractivity (Wildman–Crippen MR) is 53.5 cm³/mol. The number of hydrogen-bond donors (Lipinski definition) is 0. The lowest BCUT2D eigenvalue weighted by molar-refractivity contribution is 0.321. The van der Waals surface area contributed by atoms with Crippen LogP contribution in [0.5, 0.6) is 0 Å². The lowest BCUT2D eigenvalue weighted by Gasteiger charge is -2.15. The van der Waals surface area contributed by atoms with Crippen LogP contribution in [0.25, 0.3) is 0 Å². The van der Waals surface area contributed by atoms with E-state index in [2.05, 4.69) is 40.5 Å². The molecule has 0 aliphatic carbocycles. The number of halogens is 1. The van der Waals surface area contributed by atoms with Gasteiger partial charge in [0.25, 0.3) is 0 Å². The van der Waals surface area contributed by atoms with Crippen molar-refractivity contribution < 1.29 is 0 Å². The van der Waals surface area contributed by atoms with Crippen LogP contribution >= 0.6 is 22.6 Å². The fourth-order valence-corrected chi connectivity index (χ4v) is 1.76. The Balaban J connectivity index is 2.40. The molecular formula is C8H14IN. The molecule has 10 heavy (non-hydrogen) atoms. The second kappa shape index (κ2) is 4.34. The van der Waals surface area contributed by atoms with E-state index in [1.807, 2.05) is 0 Å². The molecule has 1 heterocycles. The van der Waals surface area contributed by atoms with Crippen LogP contribution in [0.3, 0.4) is 0 Å². The molecule has 0 saturated carbocycles. The van der Waals surface area contributed by atoms with Gasteiger partial charge < -0.3 is 0 Å². The van der Waals surface area contributed by atoms with E-state index < -0.39 is 0 Å². The Kier molecular flexibility index (Phi) is 3.70. The normalized spacial score (nSPS) is 22.0. The highest BCUT2D eigenvalue weighted by Crippen LogP contribution is 2.16. The second-order valence-corrected chi connectivity index (χ2v) is 4.03. The molecule has 0 N–H and O–H groups in total. The Hall–Kier alpha value is 0.430. The zero-order valence-corrected chi connectivity index (χ0v) is 8.60.